The normalized spacial score (nSPS) is 20.1. The minimum atomic E-state index is -0.985. The lowest BCUT2D eigenvalue weighted by molar-refractivity contribution is 0.00474. The quantitative estimate of drug-likeness (QED) is 0.508. The Hall–Kier alpha value is -1.26. The van der Waals surface area contributed by atoms with Gasteiger partial charge in [0.15, 0.2) is 0 Å². The van der Waals surface area contributed by atoms with Crippen LogP contribution >= 0.6 is 0 Å². The fourth-order valence-corrected chi connectivity index (χ4v) is 2.15. The second-order valence-corrected chi connectivity index (χ2v) is 4.02. The van der Waals surface area contributed by atoms with Crippen LogP contribution in [0.2, 0.25) is 0 Å². The number of aromatic hydroxyl groups is 1. The van der Waals surface area contributed by atoms with E-state index in [0.717, 1.165) is 13.1 Å². The van der Waals surface area contributed by atoms with Gasteiger partial charge in [-0.15, -0.1) is 0 Å². The van der Waals surface area contributed by atoms with E-state index in [4.69, 9.17) is 5.73 Å². The molecule has 15 heavy (non-hydrogen) atoms. The van der Waals surface area contributed by atoms with Gasteiger partial charge < -0.3 is 21.3 Å². The van der Waals surface area contributed by atoms with Crippen molar-refractivity contribution in [2.45, 2.75) is 18.4 Å². The third-order valence-corrected chi connectivity index (χ3v) is 2.97. The Morgan fingerprint density at radius 1 is 1.27 bits per heavy atom. The summed E-state index contributed by atoms with van der Waals surface area (Å²) in [4.78, 5) is 0. The van der Waals surface area contributed by atoms with Gasteiger partial charge in [-0.1, -0.05) is 6.07 Å². The average molecular weight is 208 g/mol. The molecule has 0 aromatic heterocycles. The number of nitrogen functional groups attached to an aromatic ring is 1. The van der Waals surface area contributed by atoms with Gasteiger partial charge in [0, 0.05) is 11.3 Å². The van der Waals surface area contributed by atoms with Crippen molar-refractivity contribution in [2.24, 2.45) is 0 Å². The van der Waals surface area contributed by atoms with Crippen molar-refractivity contribution in [3.63, 3.8) is 0 Å². The Labute approximate surface area is 88.7 Å². The minimum absolute atomic E-state index is 0.0828. The maximum absolute atomic E-state index is 10.4. The Balaban J connectivity index is 2.42. The Morgan fingerprint density at radius 2 is 1.93 bits per heavy atom. The first kappa shape index (κ1) is 10.3. The molecular formula is C11H16N2O2. The van der Waals surface area contributed by atoms with Gasteiger partial charge in [0.2, 0.25) is 0 Å². The van der Waals surface area contributed by atoms with Gasteiger partial charge >= 0.3 is 0 Å². The van der Waals surface area contributed by atoms with E-state index in [1.165, 1.54) is 0 Å². The largest absolute Gasteiger partial charge is 0.507 e. The third-order valence-electron chi connectivity index (χ3n) is 2.97. The predicted octanol–water partition coefficient (Wildman–Crippen LogP) is 0.545. The molecule has 1 aromatic carbocycles. The molecule has 4 nitrogen and oxygen atoms in total. The number of phenols is 1. The van der Waals surface area contributed by atoms with E-state index < -0.39 is 5.60 Å². The molecular weight excluding hydrogens is 192 g/mol. The number of benzene rings is 1. The molecule has 1 heterocycles. The van der Waals surface area contributed by atoms with Gasteiger partial charge in [0.1, 0.15) is 5.75 Å². The molecule has 0 atom stereocenters. The van der Waals surface area contributed by atoms with Crippen LogP contribution < -0.4 is 11.1 Å². The monoisotopic (exact) mass is 208 g/mol. The Morgan fingerprint density at radius 3 is 2.53 bits per heavy atom. The number of hydrogen-bond donors (Lipinski definition) is 4. The van der Waals surface area contributed by atoms with E-state index in [0.29, 0.717) is 24.1 Å². The molecule has 1 saturated heterocycles. The maximum Gasteiger partial charge on any atom is 0.123 e. The van der Waals surface area contributed by atoms with Crippen LogP contribution in [0, 0.1) is 0 Å². The lowest BCUT2D eigenvalue weighted by atomic mass is 9.83. The van der Waals surface area contributed by atoms with Gasteiger partial charge in [0.25, 0.3) is 0 Å². The molecule has 4 heteroatoms. The molecule has 1 aliphatic rings. The Kier molecular flexibility index (Phi) is 2.54. The number of rotatable bonds is 1. The van der Waals surface area contributed by atoms with Gasteiger partial charge in [-0.25, -0.2) is 0 Å². The number of nitrogens with one attached hydrogen (secondary N) is 1. The fourth-order valence-electron chi connectivity index (χ4n) is 2.15. The lowest BCUT2D eigenvalue weighted by Crippen LogP contribution is -2.40. The summed E-state index contributed by atoms with van der Waals surface area (Å²) in [5.41, 5.74) is 5.75. The molecule has 0 spiro atoms. The van der Waals surface area contributed by atoms with Gasteiger partial charge in [-0.05, 0) is 38.1 Å². The van der Waals surface area contributed by atoms with Crippen LogP contribution in [-0.2, 0) is 5.60 Å². The van der Waals surface area contributed by atoms with Crippen LogP contribution in [0.1, 0.15) is 18.4 Å². The standard InChI is InChI=1S/C11H16N2O2/c12-8-2-1-3-9(14)10(8)11(15)4-6-13-7-5-11/h1-3,13-15H,4-7,12H2. The summed E-state index contributed by atoms with van der Waals surface area (Å²) in [6.07, 6.45) is 1.16. The van der Waals surface area contributed by atoms with Crippen molar-refractivity contribution < 1.29 is 10.2 Å². The summed E-state index contributed by atoms with van der Waals surface area (Å²) in [5.74, 6) is 0.0828. The summed E-state index contributed by atoms with van der Waals surface area (Å²) in [5, 5.41) is 23.3. The molecule has 82 valence electrons. The molecule has 0 amide bonds. The number of nitrogens with two attached hydrogens (primary N) is 1. The van der Waals surface area contributed by atoms with E-state index in [1.807, 2.05) is 0 Å². The molecule has 1 fully saturated rings. The first-order chi connectivity index (χ1) is 7.13. The SMILES string of the molecule is Nc1cccc(O)c1C1(O)CCNCC1. The molecule has 0 bridgehead atoms. The highest BCUT2D eigenvalue weighted by atomic mass is 16.3. The van der Waals surface area contributed by atoms with Crippen molar-refractivity contribution in [2.75, 3.05) is 18.8 Å². The minimum Gasteiger partial charge on any atom is -0.507 e. The number of anilines is 1. The van der Waals surface area contributed by atoms with Gasteiger partial charge in [0.05, 0.1) is 5.60 Å². The number of aliphatic hydroxyl groups is 1. The molecule has 0 radical (unpaired) electrons. The van der Waals surface area contributed by atoms with E-state index >= 15 is 0 Å². The van der Waals surface area contributed by atoms with Crippen LogP contribution in [0.15, 0.2) is 18.2 Å². The molecule has 0 aliphatic carbocycles. The van der Waals surface area contributed by atoms with Crippen molar-refractivity contribution in [3.05, 3.63) is 23.8 Å². The van der Waals surface area contributed by atoms with E-state index in [2.05, 4.69) is 5.32 Å². The second-order valence-electron chi connectivity index (χ2n) is 4.02. The van der Waals surface area contributed by atoms with Crippen LogP contribution in [0.4, 0.5) is 5.69 Å². The molecule has 1 aliphatic heterocycles. The van der Waals surface area contributed by atoms with Crippen molar-refractivity contribution in [1.82, 2.24) is 5.32 Å². The molecule has 0 unspecified atom stereocenters. The smallest absolute Gasteiger partial charge is 0.123 e. The summed E-state index contributed by atoms with van der Waals surface area (Å²) in [6, 6.07) is 4.94. The fraction of sp³-hybridized carbons (Fsp3) is 0.455. The first-order valence-electron chi connectivity index (χ1n) is 5.14. The summed E-state index contributed by atoms with van der Waals surface area (Å²) in [7, 11) is 0. The lowest BCUT2D eigenvalue weighted by Gasteiger charge is -2.34. The average Bonchev–Trinajstić information content (AvgIpc) is 2.18. The second kappa shape index (κ2) is 3.72. The summed E-state index contributed by atoms with van der Waals surface area (Å²) in [6.45, 7) is 1.48. The van der Waals surface area contributed by atoms with Crippen LogP contribution in [0.5, 0.6) is 5.75 Å². The van der Waals surface area contributed by atoms with E-state index in [1.54, 1.807) is 18.2 Å². The van der Waals surface area contributed by atoms with Crippen LogP contribution in [0.3, 0.4) is 0 Å². The van der Waals surface area contributed by atoms with E-state index in [-0.39, 0.29) is 5.75 Å². The van der Waals surface area contributed by atoms with E-state index in [9.17, 15) is 10.2 Å². The Bertz CT molecular complexity index is 339. The summed E-state index contributed by atoms with van der Waals surface area (Å²) < 4.78 is 0. The third kappa shape index (κ3) is 1.78. The van der Waals surface area contributed by atoms with Gasteiger partial charge in [-0.2, -0.15) is 0 Å². The predicted molar refractivity (Wildman–Crippen MR) is 58.5 cm³/mol. The first-order valence-corrected chi connectivity index (χ1v) is 5.14. The summed E-state index contributed by atoms with van der Waals surface area (Å²) >= 11 is 0. The molecule has 0 saturated carbocycles. The van der Waals surface area contributed by atoms with Crippen molar-refractivity contribution in [1.29, 1.82) is 0 Å². The zero-order chi connectivity index (χ0) is 10.9. The number of piperidine rings is 1. The molecule has 2 rings (SSSR count). The van der Waals surface area contributed by atoms with Crippen molar-refractivity contribution >= 4 is 5.69 Å². The highest BCUT2D eigenvalue weighted by Crippen LogP contribution is 2.39. The van der Waals surface area contributed by atoms with Crippen molar-refractivity contribution in [3.8, 4) is 5.75 Å². The highest BCUT2D eigenvalue weighted by molar-refractivity contribution is 5.56. The highest BCUT2D eigenvalue weighted by Gasteiger charge is 2.35. The van der Waals surface area contributed by atoms with Gasteiger partial charge in [-0.3, -0.25) is 0 Å². The van der Waals surface area contributed by atoms with Crippen LogP contribution in [0.25, 0.3) is 0 Å². The topological polar surface area (TPSA) is 78.5 Å². The zero-order valence-electron chi connectivity index (χ0n) is 8.53. The number of hydrogen-bond acceptors (Lipinski definition) is 4. The number of phenolic OH excluding ortho intramolecular Hbond substituents is 1. The zero-order valence-corrected chi connectivity index (χ0v) is 8.53. The molecule has 5 N–H and O–H groups in total. The maximum atomic E-state index is 10.4. The van der Waals surface area contributed by atoms with Crippen LogP contribution in [-0.4, -0.2) is 23.3 Å². The molecule has 1 aromatic rings.